The molecule has 2 rings (SSSR count). The minimum atomic E-state index is 0.439. The van der Waals surface area contributed by atoms with Crippen LogP contribution in [-0.2, 0) is 0 Å². The molecule has 4 nitrogen and oxygen atoms in total. The Hall–Kier alpha value is -1.16. The first kappa shape index (κ1) is 14.3. The van der Waals surface area contributed by atoms with E-state index >= 15 is 0 Å². The molecule has 0 aromatic carbocycles. The van der Waals surface area contributed by atoms with E-state index in [9.17, 15) is 0 Å². The minimum Gasteiger partial charge on any atom is -0.340 e. The van der Waals surface area contributed by atoms with Crippen LogP contribution in [0, 0.1) is 18.8 Å². The maximum atomic E-state index is 5.87. The van der Waals surface area contributed by atoms with Crippen molar-refractivity contribution in [2.24, 2.45) is 17.6 Å². The lowest BCUT2D eigenvalue weighted by molar-refractivity contribution is 0.305. The smallest absolute Gasteiger partial charge is 0.225 e. The summed E-state index contributed by atoms with van der Waals surface area (Å²) in [6.07, 6.45) is 1.18. The first-order valence-corrected chi connectivity index (χ1v) is 7.31. The highest BCUT2D eigenvalue weighted by Gasteiger charge is 2.26. The van der Waals surface area contributed by atoms with Gasteiger partial charge in [0.25, 0.3) is 0 Å². The number of aromatic nitrogens is 2. The van der Waals surface area contributed by atoms with Crippen molar-refractivity contribution in [1.82, 2.24) is 9.97 Å². The van der Waals surface area contributed by atoms with Gasteiger partial charge in [0.05, 0.1) is 0 Å². The van der Waals surface area contributed by atoms with Crippen LogP contribution < -0.4 is 10.6 Å². The molecule has 4 heteroatoms. The Morgan fingerprint density at radius 2 is 2.16 bits per heavy atom. The van der Waals surface area contributed by atoms with Crippen LogP contribution >= 0.6 is 0 Å². The quantitative estimate of drug-likeness (QED) is 0.908. The zero-order valence-corrected chi connectivity index (χ0v) is 12.6. The standard InChI is InChI=1S/C15H26N4/c1-10(2)14-7-12(4)17-15(18-14)19-6-5-11(3)13(8-16)9-19/h7,10-11,13H,5-6,8-9,16H2,1-4H3. The van der Waals surface area contributed by atoms with Crippen LogP contribution in [0.15, 0.2) is 6.07 Å². The van der Waals surface area contributed by atoms with Crippen molar-refractivity contribution in [1.29, 1.82) is 0 Å². The van der Waals surface area contributed by atoms with Crippen LogP contribution in [0.4, 0.5) is 5.95 Å². The summed E-state index contributed by atoms with van der Waals surface area (Å²) in [7, 11) is 0. The van der Waals surface area contributed by atoms with E-state index in [4.69, 9.17) is 10.7 Å². The fraction of sp³-hybridized carbons (Fsp3) is 0.733. The summed E-state index contributed by atoms with van der Waals surface area (Å²) in [5.74, 6) is 2.58. The van der Waals surface area contributed by atoms with E-state index in [0.717, 1.165) is 37.0 Å². The lowest BCUT2D eigenvalue weighted by Gasteiger charge is -2.36. The van der Waals surface area contributed by atoms with Gasteiger partial charge < -0.3 is 10.6 Å². The average molecular weight is 262 g/mol. The first-order valence-electron chi connectivity index (χ1n) is 7.31. The molecule has 0 aliphatic carbocycles. The number of piperidine rings is 1. The Morgan fingerprint density at radius 1 is 1.42 bits per heavy atom. The molecule has 1 aromatic heterocycles. The number of anilines is 1. The summed E-state index contributed by atoms with van der Waals surface area (Å²) in [5, 5.41) is 0. The molecule has 2 N–H and O–H groups in total. The van der Waals surface area contributed by atoms with E-state index in [1.807, 2.05) is 6.92 Å². The molecule has 0 saturated carbocycles. The molecule has 19 heavy (non-hydrogen) atoms. The number of aryl methyl sites for hydroxylation is 1. The maximum Gasteiger partial charge on any atom is 0.225 e. The number of nitrogens with zero attached hydrogens (tertiary/aromatic N) is 3. The van der Waals surface area contributed by atoms with Gasteiger partial charge in [-0.3, -0.25) is 0 Å². The van der Waals surface area contributed by atoms with E-state index in [1.54, 1.807) is 0 Å². The summed E-state index contributed by atoms with van der Waals surface area (Å²) >= 11 is 0. The molecular weight excluding hydrogens is 236 g/mol. The molecule has 2 heterocycles. The van der Waals surface area contributed by atoms with Crippen molar-refractivity contribution in [2.75, 3.05) is 24.5 Å². The molecule has 0 radical (unpaired) electrons. The van der Waals surface area contributed by atoms with Crippen LogP contribution in [-0.4, -0.2) is 29.6 Å². The van der Waals surface area contributed by atoms with E-state index < -0.39 is 0 Å². The number of hydrogen-bond acceptors (Lipinski definition) is 4. The number of hydrogen-bond donors (Lipinski definition) is 1. The van der Waals surface area contributed by atoms with Crippen molar-refractivity contribution in [3.63, 3.8) is 0 Å². The van der Waals surface area contributed by atoms with Crippen molar-refractivity contribution >= 4 is 5.95 Å². The van der Waals surface area contributed by atoms with Gasteiger partial charge in [0.2, 0.25) is 5.95 Å². The molecular formula is C15H26N4. The lowest BCUT2D eigenvalue weighted by Crippen LogP contribution is -2.43. The molecule has 1 aliphatic heterocycles. The average Bonchev–Trinajstić information content (AvgIpc) is 2.38. The summed E-state index contributed by atoms with van der Waals surface area (Å²) in [4.78, 5) is 11.6. The van der Waals surface area contributed by atoms with Crippen molar-refractivity contribution < 1.29 is 0 Å². The van der Waals surface area contributed by atoms with Crippen LogP contribution in [0.2, 0.25) is 0 Å². The summed E-state index contributed by atoms with van der Waals surface area (Å²) in [6.45, 7) is 11.5. The third-order valence-electron chi connectivity index (χ3n) is 4.15. The largest absolute Gasteiger partial charge is 0.340 e. The summed E-state index contributed by atoms with van der Waals surface area (Å²) in [6, 6.07) is 2.08. The highest BCUT2D eigenvalue weighted by Crippen LogP contribution is 2.26. The lowest BCUT2D eigenvalue weighted by atomic mass is 9.87. The zero-order valence-electron chi connectivity index (χ0n) is 12.6. The second-order valence-electron chi connectivity index (χ2n) is 6.10. The van der Waals surface area contributed by atoms with Crippen LogP contribution in [0.25, 0.3) is 0 Å². The molecule has 1 aromatic rings. The maximum absolute atomic E-state index is 5.87. The molecule has 2 unspecified atom stereocenters. The monoisotopic (exact) mass is 262 g/mol. The molecule has 106 valence electrons. The van der Waals surface area contributed by atoms with Gasteiger partial charge >= 0.3 is 0 Å². The van der Waals surface area contributed by atoms with Crippen molar-refractivity contribution in [3.8, 4) is 0 Å². The van der Waals surface area contributed by atoms with E-state index in [-0.39, 0.29) is 0 Å². The second kappa shape index (κ2) is 5.87. The van der Waals surface area contributed by atoms with E-state index in [1.165, 1.54) is 6.42 Å². The van der Waals surface area contributed by atoms with Gasteiger partial charge in [0, 0.05) is 24.5 Å². The predicted molar refractivity (Wildman–Crippen MR) is 79.4 cm³/mol. The SMILES string of the molecule is Cc1cc(C(C)C)nc(N2CCC(C)C(CN)C2)n1. The van der Waals surface area contributed by atoms with Gasteiger partial charge in [-0.2, -0.15) is 0 Å². The van der Waals surface area contributed by atoms with Gasteiger partial charge in [0.1, 0.15) is 0 Å². The molecule has 2 atom stereocenters. The van der Waals surface area contributed by atoms with Crippen molar-refractivity contribution in [2.45, 2.75) is 40.0 Å². The van der Waals surface area contributed by atoms with E-state index in [2.05, 4.69) is 36.7 Å². The molecule has 0 amide bonds. The van der Waals surface area contributed by atoms with Gasteiger partial charge in [-0.05, 0) is 43.7 Å². The normalized spacial score (nSPS) is 24.0. The minimum absolute atomic E-state index is 0.439. The molecule has 0 bridgehead atoms. The second-order valence-corrected chi connectivity index (χ2v) is 6.10. The fourth-order valence-electron chi connectivity index (χ4n) is 2.65. The van der Waals surface area contributed by atoms with Crippen LogP contribution in [0.5, 0.6) is 0 Å². The topological polar surface area (TPSA) is 55.0 Å². The highest BCUT2D eigenvalue weighted by atomic mass is 15.3. The predicted octanol–water partition coefficient (Wildman–Crippen LogP) is 2.33. The van der Waals surface area contributed by atoms with Gasteiger partial charge in [-0.15, -0.1) is 0 Å². The Bertz CT molecular complexity index is 430. The zero-order chi connectivity index (χ0) is 14.0. The molecule has 1 saturated heterocycles. The van der Waals surface area contributed by atoms with Crippen LogP contribution in [0.3, 0.4) is 0 Å². The van der Waals surface area contributed by atoms with Gasteiger partial charge in [-0.25, -0.2) is 9.97 Å². The van der Waals surface area contributed by atoms with Crippen LogP contribution in [0.1, 0.15) is 44.5 Å². The Kier molecular flexibility index (Phi) is 4.40. The number of nitrogens with two attached hydrogens (primary N) is 1. The molecule has 0 spiro atoms. The fourth-order valence-corrected chi connectivity index (χ4v) is 2.65. The highest BCUT2D eigenvalue weighted by molar-refractivity contribution is 5.34. The molecule has 1 aliphatic rings. The van der Waals surface area contributed by atoms with Gasteiger partial charge in [0.15, 0.2) is 0 Å². The molecule has 1 fully saturated rings. The Balaban J connectivity index is 2.22. The third kappa shape index (κ3) is 3.24. The Morgan fingerprint density at radius 3 is 2.79 bits per heavy atom. The van der Waals surface area contributed by atoms with Crippen molar-refractivity contribution in [3.05, 3.63) is 17.5 Å². The third-order valence-corrected chi connectivity index (χ3v) is 4.15. The number of rotatable bonds is 3. The Labute approximate surface area is 116 Å². The summed E-state index contributed by atoms with van der Waals surface area (Å²) in [5.41, 5.74) is 8.06. The van der Waals surface area contributed by atoms with E-state index in [0.29, 0.717) is 17.8 Å². The first-order chi connectivity index (χ1) is 9.01. The summed E-state index contributed by atoms with van der Waals surface area (Å²) < 4.78 is 0. The van der Waals surface area contributed by atoms with Gasteiger partial charge in [-0.1, -0.05) is 20.8 Å².